The average Bonchev–Trinajstić information content (AvgIpc) is 3.42. The van der Waals surface area contributed by atoms with Gasteiger partial charge in [-0.25, -0.2) is 4.99 Å². The molecule has 2 heterocycles. The highest BCUT2D eigenvalue weighted by Crippen LogP contribution is 2.24. The average molecular weight is 571 g/mol. The van der Waals surface area contributed by atoms with Crippen LogP contribution in [0.3, 0.4) is 0 Å². The Bertz CT molecular complexity index is 987. The predicted molar refractivity (Wildman–Crippen MR) is 139 cm³/mol. The fourth-order valence-corrected chi connectivity index (χ4v) is 3.75. The molecule has 3 rings (SSSR count). The molecule has 0 amide bonds. The molecule has 1 unspecified atom stereocenters. The van der Waals surface area contributed by atoms with E-state index in [4.69, 9.17) is 4.74 Å². The number of benzene rings is 1. The summed E-state index contributed by atoms with van der Waals surface area (Å²) in [7, 11) is 3.58. The van der Waals surface area contributed by atoms with Crippen LogP contribution in [0.25, 0.3) is 0 Å². The van der Waals surface area contributed by atoms with Crippen LogP contribution in [0, 0.1) is 6.92 Å². The van der Waals surface area contributed by atoms with E-state index in [9.17, 15) is 5.11 Å². The number of nitrogens with one attached hydrogen (secondary N) is 2. The van der Waals surface area contributed by atoms with E-state index in [1.807, 2.05) is 48.2 Å². The number of aryl methyl sites for hydroxylation is 1. The molecule has 0 fully saturated rings. The molecule has 1 atom stereocenters. The van der Waals surface area contributed by atoms with E-state index in [1.165, 1.54) is 16.9 Å². The van der Waals surface area contributed by atoms with E-state index in [1.54, 1.807) is 14.0 Å². The summed E-state index contributed by atoms with van der Waals surface area (Å²) in [4.78, 5) is 5.56. The molecule has 0 spiro atoms. The molecule has 174 valence electrons. The van der Waals surface area contributed by atoms with Crippen LogP contribution in [0.2, 0.25) is 0 Å². The Morgan fingerprint density at radius 3 is 2.56 bits per heavy atom. The van der Waals surface area contributed by atoms with Gasteiger partial charge in [0.2, 0.25) is 0 Å². The number of guanidine groups is 1. The van der Waals surface area contributed by atoms with Crippen molar-refractivity contribution in [3.8, 4) is 5.75 Å². The second-order valence-corrected chi connectivity index (χ2v) is 8.46. The Morgan fingerprint density at radius 1 is 1.22 bits per heavy atom. The van der Waals surface area contributed by atoms with Gasteiger partial charge in [0, 0.05) is 18.5 Å². The zero-order valence-electron chi connectivity index (χ0n) is 18.8. The summed E-state index contributed by atoms with van der Waals surface area (Å²) < 4.78 is 7.13. The van der Waals surface area contributed by atoms with Crippen molar-refractivity contribution in [2.24, 2.45) is 12.0 Å². The number of nitrogens with zero attached hydrogens (tertiary/aromatic N) is 4. The fraction of sp³-hybridized carbons (Fsp3) is 0.409. The SMILES string of the molecule is COc1ccc(CCNC(=NCc2nnc(C)n2C)NCC(C)(O)c2cccs2)cc1.I. The maximum atomic E-state index is 10.8. The third-order valence-electron chi connectivity index (χ3n) is 5.08. The maximum absolute atomic E-state index is 10.8. The Morgan fingerprint density at radius 2 is 1.97 bits per heavy atom. The molecule has 3 N–H and O–H groups in total. The van der Waals surface area contributed by atoms with Gasteiger partial charge < -0.3 is 25.0 Å². The highest BCUT2D eigenvalue weighted by Gasteiger charge is 2.24. The summed E-state index contributed by atoms with van der Waals surface area (Å²) >= 11 is 1.53. The first-order valence-electron chi connectivity index (χ1n) is 10.2. The third-order valence-corrected chi connectivity index (χ3v) is 6.20. The van der Waals surface area contributed by atoms with Gasteiger partial charge in [0.1, 0.15) is 23.7 Å². The lowest BCUT2D eigenvalue weighted by Gasteiger charge is -2.24. The first-order chi connectivity index (χ1) is 14.9. The van der Waals surface area contributed by atoms with Crippen molar-refractivity contribution in [3.63, 3.8) is 0 Å². The highest BCUT2D eigenvalue weighted by molar-refractivity contribution is 14.0. The van der Waals surface area contributed by atoms with E-state index >= 15 is 0 Å². The van der Waals surface area contributed by atoms with Crippen molar-refractivity contribution in [1.82, 2.24) is 25.4 Å². The largest absolute Gasteiger partial charge is 0.497 e. The van der Waals surface area contributed by atoms with Crippen LogP contribution >= 0.6 is 35.3 Å². The number of rotatable bonds is 9. The van der Waals surface area contributed by atoms with Gasteiger partial charge in [0.15, 0.2) is 11.8 Å². The topological polar surface area (TPSA) is 96.6 Å². The number of thiophene rings is 1. The van der Waals surface area contributed by atoms with E-state index < -0.39 is 5.60 Å². The number of halogens is 1. The van der Waals surface area contributed by atoms with Crippen molar-refractivity contribution in [3.05, 3.63) is 63.9 Å². The first kappa shape index (κ1) is 26.1. The minimum atomic E-state index is -0.992. The molecule has 0 aliphatic carbocycles. The zero-order chi connectivity index (χ0) is 22.3. The fourth-order valence-electron chi connectivity index (χ4n) is 2.96. The highest BCUT2D eigenvalue weighted by atomic mass is 127. The number of methoxy groups -OCH3 is 1. The van der Waals surface area contributed by atoms with Crippen molar-refractivity contribution >= 4 is 41.3 Å². The lowest BCUT2D eigenvalue weighted by atomic mass is 10.1. The van der Waals surface area contributed by atoms with Crippen LogP contribution in [0.15, 0.2) is 46.8 Å². The molecule has 0 bridgehead atoms. The van der Waals surface area contributed by atoms with Gasteiger partial charge >= 0.3 is 0 Å². The van der Waals surface area contributed by atoms with Gasteiger partial charge in [-0.1, -0.05) is 18.2 Å². The Labute approximate surface area is 210 Å². The summed E-state index contributed by atoms with van der Waals surface area (Å²) in [6, 6.07) is 11.9. The molecule has 32 heavy (non-hydrogen) atoms. The lowest BCUT2D eigenvalue weighted by Crippen LogP contribution is -2.44. The summed E-state index contributed by atoms with van der Waals surface area (Å²) in [5.41, 5.74) is 0.204. The number of ether oxygens (including phenoxy) is 1. The van der Waals surface area contributed by atoms with Crippen LogP contribution in [0.5, 0.6) is 5.75 Å². The van der Waals surface area contributed by atoms with E-state index in [0.29, 0.717) is 25.6 Å². The lowest BCUT2D eigenvalue weighted by molar-refractivity contribution is 0.0655. The number of aliphatic imine (C=N–C) groups is 1. The van der Waals surface area contributed by atoms with Gasteiger partial charge in [-0.05, 0) is 49.4 Å². The van der Waals surface area contributed by atoms with E-state index in [2.05, 4.69) is 38.0 Å². The van der Waals surface area contributed by atoms with Gasteiger partial charge in [0.05, 0.1) is 13.7 Å². The quantitative estimate of drug-likeness (QED) is 0.208. The number of hydrogen-bond acceptors (Lipinski definition) is 6. The molecule has 0 saturated carbocycles. The van der Waals surface area contributed by atoms with Crippen LogP contribution in [0.4, 0.5) is 0 Å². The minimum Gasteiger partial charge on any atom is -0.497 e. The molecule has 1 aromatic carbocycles. The molecule has 8 nitrogen and oxygen atoms in total. The molecule has 10 heteroatoms. The number of aliphatic hydroxyl groups is 1. The van der Waals surface area contributed by atoms with Crippen molar-refractivity contribution < 1.29 is 9.84 Å². The van der Waals surface area contributed by atoms with E-state index in [0.717, 1.165) is 28.7 Å². The Balaban J connectivity index is 0.00000363. The molecular formula is C22H31IN6O2S. The number of hydrogen-bond donors (Lipinski definition) is 3. The molecule has 0 radical (unpaired) electrons. The molecule has 3 aromatic rings. The monoisotopic (exact) mass is 570 g/mol. The normalized spacial score (nSPS) is 13.2. The summed E-state index contributed by atoms with van der Waals surface area (Å²) in [5.74, 6) is 3.08. The van der Waals surface area contributed by atoms with E-state index in [-0.39, 0.29) is 24.0 Å². The second kappa shape index (κ2) is 12.2. The first-order valence-corrected chi connectivity index (χ1v) is 11.0. The van der Waals surface area contributed by atoms with Crippen LogP contribution in [-0.2, 0) is 25.6 Å². The smallest absolute Gasteiger partial charge is 0.191 e. The second-order valence-electron chi connectivity index (χ2n) is 7.52. The molecule has 0 aliphatic rings. The Kier molecular flexibility index (Phi) is 9.91. The van der Waals surface area contributed by atoms with Crippen LogP contribution in [0.1, 0.15) is 29.0 Å². The molecular weight excluding hydrogens is 539 g/mol. The van der Waals surface area contributed by atoms with Gasteiger partial charge in [-0.15, -0.1) is 45.5 Å². The minimum absolute atomic E-state index is 0. The zero-order valence-corrected chi connectivity index (χ0v) is 22.0. The van der Waals surface area contributed by atoms with Gasteiger partial charge in [-0.2, -0.15) is 0 Å². The summed E-state index contributed by atoms with van der Waals surface area (Å²) in [6.45, 7) is 5.12. The van der Waals surface area contributed by atoms with Crippen molar-refractivity contribution in [1.29, 1.82) is 0 Å². The summed E-state index contributed by atoms with van der Waals surface area (Å²) in [6.07, 6.45) is 0.828. The third kappa shape index (κ3) is 7.17. The maximum Gasteiger partial charge on any atom is 0.191 e. The standard InChI is InChI=1S/C22H30N6O2S.HI/c1-16-26-27-20(28(16)3)14-24-21(25-15-22(2,29)19-6-5-13-31-19)23-12-11-17-7-9-18(30-4)10-8-17;/h5-10,13,29H,11-12,14-15H2,1-4H3,(H2,23,24,25);1H. The predicted octanol–water partition coefficient (Wildman–Crippen LogP) is 3.00. The molecule has 0 saturated heterocycles. The Hall–Kier alpha value is -2.18. The van der Waals surface area contributed by atoms with Crippen molar-refractivity contribution in [2.75, 3.05) is 20.2 Å². The van der Waals surface area contributed by atoms with Gasteiger partial charge in [0.25, 0.3) is 0 Å². The van der Waals surface area contributed by atoms with Crippen LogP contribution in [-0.4, -0.2) is 46.0 Å². The number of aromatic nitrogens is 3. The summed E-state index contributed by atoms with van der Waals surface area (Å²) in [5, 5.41) is 27.7. The van der Waals surface area contributed by atoms with Gasteiger partial charge in [-0.3, -0.25) is 0 Å². The molecule has 2 aromatic heterocycles. The molecule has 0 aliphatic heterocycles. The van der Waals surface area contributed by atoms with Crippen molar-refractivity contribution in [2.45, 2.75) is 32.4 Å². The van der Waals surface area contributed by atoms with Crippen LogP contribution < -0.4 is 15.4 Å².